The number of hydrogen-bond acceptors (Lipinski definition) is 3. The Morgan fingerprint density at radius 1 is 1.42 bits per heavy atom. The summed E-state index contributed by atoms with van der Waals surface area (Å²) in [6, 6.07) is 0. The Morgan fingerprint density at radius 3 is 2.58 bits per heavy atom. The van der Waals surface area contributed by atoms with Gasteiger partial charge in [-0.2, -0.15) is 11.8 Å². The molecule has 0 rings (SSSR count). The zero-order chi connectivity index (χ0) is 9.40. The van der Waals surface area contributed by atoms with Crippen molar-refractivity contribution in [2.24, 2.45) is 5.92 Å². The number of aliphatic hydroxyl groups excluding tert-OH is 1. The van der Waals surface area contributed by atoms with Crippen molar-refractivity contribution in [2.45, 2.75) is 25.5 Å². The monoisotopic (exact) mass is 192 g/mol. The van der Waals surface area contributed by atoms with Crippen molar-refractivity contribution in [1.29, 1.82) is 0 Å². The highest BCUT2D eigenvalue weighted by atomic mass is 32.2. The van der Waals surface area contributed by atoms with Gasteiger partial charge in [0.15, 0.2) is 0 Å². The predicted octanol–water partition coefficient (Wildman–Crippen LogP) is 1.77. The van der Waals surface area contributed by atoms with E-state index in [9.17, 15) is 0 Å². The van der Waals surface area contributed by atoms with E-state index in [0.29, 0.717) is 17.8 Å². The van der Waals surface area contributed by atoms with Gasteiger partial charge in [0, 0.05) is 25.6 Å². The highest BCUT2D eigenvalue weighted by Crippen LogP contribution is 2.17. The molecule has 0 saturated carbocycles. The van der Waals surface area contributed by atoms with Gasteiger partial charge in [-0.15, -0.1) is 0 Å². The van der Waals surface area contributed by atoms with E-state index in [1.54, 1.807) is 7.11 Å². The van der Waals surface area contributed by atoms with E-state index in [2.05, 4.69) is 13.8 Å². The summed E-state index contributed by atoms with van der Waals surface area (Å²) in [7, 11) is 1.73. The van der Waals surface area contributed by atoms with Crippen LogP contribution in [0, 0.1) is 5.92 Å². The Bertz CT molecular complexity index is 98.5. The van der Waals surface area contributed by atoms with Crippen LogP contribution in [0.15, 0.2) is 0 Å². The third-order valence-corrected chi connectivity index (χ3v) is 3.27. The number of ether oxygens (including phenoxy) is 1. The summed E-state index contributed by atoms with van der Waals surface area (Å²) in [6.45, 7) is 5.40. The van der Waals surface area contributed by atoms with E-state index < -0.39 is 0 Å². The van der Waals surface area contributed by atoms with Gasteiger partial charge in [0.1, 0.15) is 0 Å². The van der Waals surface area contributed by atoms with E-state index in [-0.39, 0.29) is 0 Å². The van der Waals surface area contributed by atoms with Crippen LogP contribution in [0.1, 0.15) is 20.3 Å². The molecule has 74 valence electrons. The lowest BCUT2D eigenvalue weighted by atomic mass is 10.2. The smallest absolute Gasteiger partial charge is 0.0472 e. The molecule has 2 atom stereocenters. The molecule has 0 radical (unpaired) electrons. The summed E-state index contributed by atoms with van der Waals surface area (Å²) in [5.41, 5.74) is 0. The summed E-state index contributed by atoms with van der Waals surface area (Å²) in [5.74, 6) is 1.46. The molecule has 0 aliphatic carbocycles. The molecule has 2 nitrogen and oxygen atoms in total. The van der Waals surface area contributed by atoms with E-state index in [1.807, 2.05) is 11.8 Å². The Kier molecular flexibility index (Phi) is 8.07. The van der Waals surface area contributed by atoms with Crippen LogP contribution in [0.2, 0.25) is 0 Å². The number of aliphatic hydroxyl groups is 1. The van der Waals surface area contributed by atoms with Gasteiger partial charge in [-0.05, 0) is 18.1 Å². The Balaban J connectivity index is 3.24. The molecule has 0 aromatic heterocycles. The zero-order valence-corrected chi connectivity index (χ0v) is 9.06. The second kappa shape index (κ2) is 7.90. The third kappa shape index (κ3) is 6.95. The summed E-state index contributed by atoms with van der Waals surface area (Å²) >= 11 is 1.91. The molecule has 3 heteroatoms. The first-order valence-electron chi connectivity index (χ1n) is 4.42. The van der Waals surface area contributed by atoms with Crippen LogP contribution in [-0.2, 0) is 4.74 Å². The fourth-order valence-electron chi connectivity index (χ4n) is 0.748. The quantitative estimate of drug-likeness (QED) is 0.666. The van der Waals surface area contributed by atoms with Crippen LogP contribution in [0.5, 0.6) is 0 Å². The van der Waals surface area contributed by atoms with Crippen molar-refractivity contribution in [1.82, 2.24) is 0 Å². The molecule has 0 aliphatic rings. The maximum absolute atomic E-state index is 8.79. The number of hydrogen-bond donors (Lipinski definition) is 1. The van der Waals surface area contributed by atoms with Crippen molar-refractivity contribution in [3.05, 3.63) is 0 Å². The molecular weight excluding hydrogens is 172 g/mol. The average molecular weight is 192 g/mol. The molecule has 0 aromatic rings. The van der Waals surface area contributed by atoms with Gasteiger partial charge in [-0.25, -0.2) is 0 Å². The van der Waals surface area contributed by atoms with Crippen LogP contribution >= 0.6 is 11.8 Å². The maximum Gasteiger partial charge on any atom is 0.0472 e. The second-order valence-corrected chi connectivity index (χ2v) is 4.68. The first-order valence-corrected chi connectivity index (χ1v) is 5.47. The van der Waals surface area contributed by atoms with Crippen LogP contribution in [0.25, 0.3) is 0 Å². The lowest BCUT2D eigenvalue weighted by Gasteiger charge is -2.12. The van der Waals surface area contributed by atoms with Crippen molar-refractivity contribution >= 4 is 11.8 Å². The molecule has 0 aliphatic heterocycles. The zero-order valence-electron chi connectivity index (χ0n) is 8.25. The lowest BCUT2D eigenvalue weighted by molar-refractivity contribution is 0.195. The van der Waals surface area contributed by atoms with Gasteiger partial charge in [0.05, 0.1) is 0 Å². The van der Waals surface area contributed by atoms with Gasteiger partial charge in [0.2, 0.25) is 0 Å². The minimum atomic E-state index is 0.296. The summed E-state index contributed by atoms with van der Waals surface area (Å²) in [4.78, 5) is 0. The average Bonchev–Trinajstić information content (AvgIpc) is 2.10. The van der Waals surface area contributed by atoms with Crippen LogP contribution in [0.4, 0.5) is 0 Å². The second-order valence-electron chi connectivity index (χ2n) is 3.21. The molecule has 0 bridgehead atoms. The molecule has 2 unspecified atom stereocenters. The SMILES string of the molecule is COCCC(C)SCC(C)CO. The maximum atomic E-state index is 8.79. The summed E-state index contributed by atoms with van der Waals surface area (Å²) in [6.07, 6.45) is 1.10. The molecule has 0 saturated heterocycles. The van der Waals surface area contributed by atoms with Gasteiger partial charge in [-0.1, -0.05) is 13.8 Å². The molecule has 0 amide bonds. The van der Waals surface area contributed by atoms with Crippen molar-refractivity contribution < 1.29 is 9.84 Å². The Labute approximate surface area is 79.7 Å². The molecule has 1 N–H and O–H groups in total. The predicted molar refractivity (Wildman–Crippen MR) is 54.7 cm³/mol. The third-order valence-electron chi connectivity index (χ3n) is 1.71. The van der Waals surface area contributed by atoms with Gasteiger partial charge in [-0.3, -0.25) is 0 Å². The fraction of sp³-hybridized carbons (Fsp3) is 1.00. The van der Waals surface area contributed by atoms with Crippen molar-refractivity contribution in [3.63, 3.8) is 0 Å². The largest absolute Gasteiger partial charge is 0.396 e. The highest BCUT2D eigenvalue weighted by Gasteiger charge is 2.05. The van der Waals surface area contributed by atoms with E-state index in [1.165, 1.54) is 0 Å². The summed E-state index contributed by atoms with van der Waals surface area (Å²) in [5, 5.41) is 9.42. The minimum absolute atomic E-state index is 0.296. The van der Waals surface area contributed by atoms with Crippen LogP contribution in [0.3, 0.4) is 0 Å². The standard InChI is InChI=1S/C9H20O2S/c1-8(6-10)7-12-9(2)4-5-11-3/h8-10H,4-7H2,1-3H3. The highest BCUT2D eigenvalue weighted by molar-refractivity contribution is 7.99. The molecular formula is C9H20O2S. The van der Waals surface area contributed by atoms with Crippen molar-refractivity contribution in [3.8, 4) is 0 Å². The first-order chi connectivity index (χ1) is 5.70. The molecule has 0 spiro atoms. The molecule has 0 aromatic carbocycles. The fourth-order valence-corrected chi connectivity index (χ4v) is 1.77. The normalized spacial score (nSPS) is 16.0. The van der Waals surface area contributed by atoms with Gasteiger partial charge < -0.3 is 9.84 Å². The van der Waals surface area contributed by atoms with E-state index in [4.69, 9.17) is 9.84 Å². The molecule has 0 fully saturated rings. The molecule has 0 heterocycles. The van der Waals surface area contributed by atoms with Crippen LogP contribution in [-0.4, -0.2) is 36.4 Å². The number of rotatable bonds is 7. The van der Waals surface area contributed by atoms with Crippen molar-refractivity contribution in [2.75, 3.05) is 26.1 Å². The number of methoxy groups -OCH3 is 1. The van der Waals surface area contributed by atoms with Gasteiger partial charge in [0.25, 0.3) is 0 Å². The lowest BCUT2D eigenvalue weighted by Crippen LogP contribution is -2.08. The topological polar surface area (TPSA) is 29.5 Å². The van der Waals surface area contributed by atoms with E-state index >= 15 is 0 Å². The van der Waals surface area contributed by atoms with Gasteiger partial charge >= 0.3 is 0 Å². The minimum Gasteiger partial charge on any atom is -0.396 e. The molecule has 12 heavy (non-hydrogen) atoms. The Hall–Kier alpha value is 0.270. The van der Waals surface area contributed by atoms with Crippen LogP contribution < -0.4 is 0 Å². The Morgan fingerprint density at radius 2 is 2.08 bits per heavy atom. The van der Waals surface area contributed by atoms with E-state index in [0.717, 1.165) is 18.8 Å². The first kappa shape index (κ1) is 12.3. The number of thioether (sulfide) groups is 1. The summed E-state index contributed by atoms with van der Waals surface area (Å²) < 4.78 is 4.98.